The molecule has 2 aromatic heterocycles. The molecule has 31 heavy (non-hydrogen) atoms. The predicted octanol–water partition coefficient (Wildman–Crippen LogP) is 3.74. The number of aryl methyl sites for hydroxylation is 1. The van der Waals surface area contributed by atoms with E-state index in [1.807, 2.05) is 0 Å². The van der Waals surface area contributed by atoms with Crippen LogP contribution < -0.4 is 10.0 Å². The summed E-state index contributed by atoms with van der Waals surface area (Å²) in [5.74, 6) is -0.404. The summed E-state index contributed by atoms with van der Waals surface area (Å²) in [4.78, 5) is 13.2. The number of anilines is 2. The van der Waals surface area contributed by atoms with E-state index in [0.29, 0.717) is 32.5 Å². The molecule has 9 nitrogen and oxygen atoms in total. The van der Waals surface area contributed by atoms with E-state index < -0.39 is 15.9 Å². The Balaban J connectivity index is 1.59. The average Bonchev–Trinajstić information content (AvgIpc) is 3.42. The van der Waals surface area contributed by atoms with Crippen molar-refractivity contribution in [3.8, 4) is 5.69 Å². The summed E-state index contributed by atoms with van der Waals surface area (Å²) in [6, 6.07) is 12.7. The molecular weight excluding hydrogens is 460 g/mol. The maximum absolute atomic E-state index is 12.9. The Morgan fingerprint density at radius 3 is 2.55 bits per heavy atom. The zero-order valence-corrected chi connectivity index (χ0v) is 18.4. The molecule has 4 aromatic rings. The number of tetrazole rings is 1. The van der Waals surface area contributed by atoms with Crippen LogP contribution in [0.5, 0.6) is 0 Å². The maximum Gasteiger partial charge on any atom is 0.267 e. The van der Waals surface area contributed by atoms with E-state index in [1.165, 1.54) is 28.4 Å². The molecule has 0 aliphatic carbocycles. The summed E-state index contributed by atoms with van der Waals surface area (Å²) in [6.07, 6.45) is 1.39. The van der Waals surface area contributed by atoms with Crippen molar-refractivity contribution in [2.45, 2.75) is 11.8 Å². The van der Waals surface area contributed by atoms with Crippen LogP contribution in [-0.2, 0) is 10.0 Å². The first-order valence-corrected chi connectivity index (χ1v) is 11.6. The van der Waals surface area contributed by atoms with Gasteiger partial charge in [-0.3, -0.25) is 9.52 Å². The first-order valence-electron chi connectivity index (χ1n) is 8.85. The molecule has 0 unspecified atom stereocenters. The minimum absolute atomic E-state index is 0.0483. The van der Waals surface area contributed by atoms with Crippen LogP contribution >= 0.6 is 22.9 Å². The number of carbonyl (C=O) groups is 1. The molecule has 0 bridgehead atoms. The number of carbonyl (C=O) groups excluding carboxylic acids is 1. The number of halogens is 1. The summed E-state index contributed by atoms with van der Waals surface area (Å²) >= 11 is 7.07. The summed E-state index contributed by atoms with van der Waals surface area (Å²) in [5.41, 5.74) is 1.77. The summed E-state index contributed by atoms with van der Waals surface area (Å²) in [5, 5.41) is 15.9. The SMILES string of the molecule is Cc1ccc(NC(=O)c2sccc2-n2cnnn2)cc1S(=O)(=O)Nc1ccc(Cl)cc1. The van der Waals surface area contributed by atoms with Gasteiger partial charge in [0, 0.05) is 16.4 Å². The van der Waals surface area contributed by atoms with E-state index in [2.05, 4.69) is 25.6 Å². The number of benzene rings is 2. The van der Waals surface area contributed by atoms with Crippen LogP contribution in [0.4, 0.5) is 11.4 Å². The topological polar surface area (TPSA) is 119 Å². The Morgan fingerprint density at radius 2 is 1.84 bits per heavy atom. The number of sulfonamides is 1. The first kappa shape index (κ1) is 21.0. The van der Waals surface area contributed by atoms with Crippen molar-refractivity contribution in [2.75, 3.05) is 10.0 Å². The average molecular weight is 475 g/mol. The number of aromatic nitrogens is 4. The molecule has 0 radical (unpaired) electrons. The number of nitrogens with zero attached hydrogens (tertiary/aromatic N) is 4. The second-order valence-electron chi connectivity index (χ2n) is 6.44. The van der Waals surface area contributed by atoms with E-state index in [1.54, 1.807) is 54.8 Å². The maximum atomic E-state index is 12.9. The summed E-state index contributed by atoms with van der Waals surface area (Å²) in [6.45, 7) is 1.68. The van der Waals surface area contributed by atoms with Gasteiger partial charge in [-0.2, -0.15) is 4.68 Å². The Bertz CT molecular complexity index is 1340. The third-order valence-corrected chi connectivity index (χ3v) is 6.96. The highest BCUT2D eigenvalue weighted by Crippen LogP contribution is 2.26. The largest absolute Gasteiger partial charge is 0.321 e. The number of amides is 1. The number of rotatable bonds is 6. The van der Waals surface area contributed by atoms with Crippen molar-refractivity contribution < 1.29 is 13.2 Å². The van der Waals surface area contributed by atoms with Crippen LogP contribution in [0.1, 0.15) is 15.2 Å². The Kier molecular flexibility index (Phi) is 5.72. The van der Waals surface area contributed by atoms with E-state index in [4.69, 9.17) is 11.6 Å². The van der Waals surface area contributed by atoms with Gasteiger partial charge < -0.3 is 5.32 Å². The number of thiophene rings is 1. The lowest BCUT2D eigenvalue weighted by molar-refractivity contribution is 0.103. The van der Waals surface area contributed by atoms with Crippen LogP contribution in [-0.4, -0.2) is 34.5 Å². The van der Waals surface area contributed by atoms with Gasteiger partial charge in [0.2, 0.25) is 0 Å². The predicted molar refractivity (Wildman–Crippen MR) is 118 cm³/mol. The molecule has 0 fully saturated rings. The highest BCUT2D eigenvalue weighted by atomic mass is 35.5. The van der Waals surface area contributed by atoms with Crippen molar-refractivity contribution >= 4 is 50.2 Å². The molecule has 2 heterocycles. The Hall–Kier alpha value is -3.28. The van der Waals surface area contributed by atoms with E-state index in [9.17, 15) is 13.2 Å². The molecule has 2 aromatic carbocycles. The molecule has 158 valence electrons. The van der Waals surface area contributed by atoms with Gasteiger partial charge in [-0.05, 0) is 70.8 Å². The fraction of sp³-hybridized carbons (Fsp3) is 0.0526. The molecular formula is C19H15ClN6O3S2. The minimum Gasteiger partial charge on any atom is -0.321 e. The third kappa shape index (κ3) is 4.58. The minimum atomic E-state index is -3.88. The van der Waals surface area contributed by atoms with Gasteiger partial charge in [-0.1, -0.05) is 17.7 Å². The smallest absolute Gasteiger partial charge is 0.267 e. The molecule has 12 heteroatoms. The van der Waals surface area contributed by atoms with E-state index in [-0.39, 0.29) is 4.90 Å². The number of nitrogens with one attached hydrogen (secondary N) is 2. The fourth-order valence-electron chi connectivity index (χ4n) is 2.81. The summed E-state index contributed by atoms with van der Waals surface area (Å²) < 4.78 is 29.7. The van der Waals surface area contributed by atoms with Crippen LogP contribution in [0.15, 0.2) is 65.1 Å². The van der Waals surface area contributed by atoms with E-state index in [0.717, 1.165) is 0 Å². The molecule has 0 aliphatic rings. The van der Waals surface area contributed by atoms with Crippen molar-refractivity contribution in [3.63, 3.8) is 0 Å². The van der Waals surface area contributed by atoms with Crippen molar-refractivity contribution in [1.82, 2.24) is 20.2 Å². The van der Waals surface area contributed by atoms with Gasteiger partial charge in [-0.25, -0.2) is 8.42 Å². The molecule has 1 amide bonds. The third-order valence-electron chi connectivity index (χ3n) is 4.28. The molecule has 2 N–H and O–H groups in total. The molecule has 0 atom stereocenters. The van der Waals surface area contributed by atoms with Crippen LogP contribution in [0.3, 0.4) is 0 Å². The van der Waals surface area contributed by atoms with Gasteiger partial charge >= 0.3 is 0 Å². The van der Waals surface area contributed by atoms with Gasteiger partial charge in [0.15, 0.2) is 0 Å². The lowest BCUT2D eigenvalue weighted by Gasteiger charge is -2.13. The Labute approximate surface area is 186 Å². The number of hydrogen-bond donors (Lipinski definition) is 2. The van der Waals surface area contributed by atoms with Crippen LogP contribution in [0.25, 0.3) is 5.69 Å². The lowest BCUT2D eigenvalue weighted by Crippen LogP contribution is -2.16. The van der Waals surface area contributed by atoms with Crippen LogP contribution in [0, 0.1) is 6.92 Å². The zero-order chi connectivity index (χ0) is 22.0. The zero-order valence-electron chi connectivity index (χ0n) is 16.0. The normalized spacial score (nSPS) is 11.3. The second kappa shape index (κ2) is 8.46. The monoisotopic (exact) mass is 474 g/mol. The molecule has 0 spiro atoms. The standard InChI is InChI=1S/C19H15ClN6O3S2/c1-12-2-5-15(10-17(12)31(28,29)23-14-6-3-13(20)4-7-14)22-19(27)18-16(8-9-30-18)26-11-21-24-25-26/h2-11,23H,1H3,(H,22,27). The van der Waals surface area contributed by atoms with Gasteiger partial charge in [0.05, 0.1) is 10.6 Å². The van der Waals surface area contributed by atoms with Gasteiger partial charge in [0.1, 0.15) is 11.2 Å². The van der Waals surface area contributed by atoms with Gasteiger partial charge in [-0.15, -0.1) is 16.4 Å². The quantitative estimate of drug-likeness (QED) is 0.439. The molecule has 0 aliphatic heterocycles. The fourth-order valence-corrected chi connectivity index (χ4v) is 5.04. The van der Waals surface area contributed by atoms with Crippen molar-refractivity contribution in [2.24, 2.45) is 0 Å². The van der Waals surface area contributed by atoms with E-state index >= 15 is 0 Å². The van der Waals surface area contributed by atoms with Crippen molar-refractivity contribution in [1.29, 1.82) is 0 Å². The Morgan fingerprint density at radius 1 is 1.10 bits per heavy atom. The molecule has 0 saturated heterocycles. The molecule has 0 saturated carbocycles. The van der Waals surface area contributed by atoms with Gasteiger partial charge in [0.25, 0.3) is 15.9 Å². The molecule has 4 rings (SSSR count). The second-order valence-corrected chi connectivity index (χ2v) is 9.44. The van der Waals surface area contributed by atoms with Crippen LogP contribution in [0.2, 0.25) is 5.02 Å². The first-order chi connectivity index (χ1) is 14.8. The van der Waals surface area contributed by atoms with Crippen molar-refractivity contribution in [3.05, 3.63) is 75.7 Å². The highest BCUT2D eigenvalue weighted by molar-refractivity contribution is 7.92. The number of hydrogen-bond acceptors (Lipinski definition) is 7. The lowest BCUT2D eigenvalue weighted by atomic mass is 10.2. The highest BCUT2D eigenvalue weighted by Gasteiger charge is 2.20. The summed E-state index contributed by atoms with van der Waals surface area (Å²) in [7, 11) is -3.88.